The maximum absolute atomic E-state index is 10.4. The van der Waals surface area contributed by atoms with Gasteiger partial charge in [-0.05, 0) is 11.6 Å². The van der Waals surface area contributed by atoms with Crippen molar-refractivity contribution in [1.82, 2.24) is 15.0 Å². The van der Waals surface area contributed by atoms with Crippen LogP contribution < -0.4 is 0 Å². The van der Waals surface area contributed by atoms with Gasteiger partial charge in [0.1, 0.15) is 5.82 Å². The summed E-state index contributed by atoms with van der Waals surface area (Å²) in [6.45, 7) is 0. The van der Waals surface area contributed by atoms with Crippen molar-refractivity contribution >= 4 is 6.29 Å². The molecular weight excluding hydrogens is 190 g/mol. The van der Waals surface area contributed by atoms with Crippen LogP contribution >= 0.6 is 0 Å². The van der Waals surface area contributed by atoms with E-state index < -0.39 is 0 Å². The average Bonchev–Trinajstić information content (AvgIpc) is 2.31. The summed E-state index contributed by atoms with van der Waals surface area (Å²) in [5.74, 6) is 0.689. The van der Waals surface area contributed by atoms with Crippen LogP contribution in [-0.4, -0.2) is 21.2 Å². The van der Waals surface area contributed by atoms with Crippen LogP contribution in [0.1, 0.15) is 21.7 Å². The van der Waals surface area contributed by atoms with E-state index >= 15 is 0 Å². The molecule has 4 nitrogen and oxygen atoms in total. The van der Waals surface area contributed by atoms with Gasteiger partial charge < -0.3 is 0 Å². The van der Waals surface area contributed by atoms with Crippen molar-refractivity contribution < 1.29 is 4.79 Å². The van der Waals surface area contributed by atoms with Crippen LogP contribution in [-0.2, 0) is 6.42 Å². The zero-order valence-electron chi connectivity index (χ0n) is 8.00. The number of carbonyl (C=O) groups excluding carboxylic acids is 1. The van der Waals surface area contributed by atoms with Gasteiger partial charge in [0.2, 0.25) is 0 Å². The summed E-state index contributed by atoms with van der Waals surface area (Å²) in [7, 11) is 0. The van der Waals surface area contributed by atoms with Crippen molar-refractivity contribution in [2.45, 2.75) is 6.42 Å². The van der Waals surface area contributed by atoms with Crippen LogP contribution in [0.15, 0.2) is 36.9 Å². The van der Waals surface area contributed by atoms with E-state index in [9.17, 15) is 4.79 Å². The third-order valence-corrected chi connectivity index (χ3v) is 1.95. The fourth-order valence-corrected chi connectivity index (χ4v) is 1.20. The lowest BCUT2D eigenvalue weighted by atomic mass is 10.2. The highest BCUT2D eigenvalue weighted by Crippen LogP contribution is 2.02. The summed E-state index contributed by atoms with van der Waals surface area (Å²) >= 11 is 0. The lowest BCUT2D eigenvalue weighted by molar-refractivity contribution is 0.112. The number of carbonyl (C=O) groups is 1. The van der Waals surface area contributed by atoms with Gasteiger partial charge in [0, 0.05) is 31.2 Å². The fraction of sp³-hybridized carbons (Fsp3) is 0.0909. The lowest BCUT2D eigenvalue weighted by Crippen LogP contribution is -1.97. The second-order valence-corrected chi connectivity index (χ2v) is 3.09. The molecule has 2 heterocycles. The molecular formula is C11H9N3O. The van der Waals surface area contributed by atoms with Gasteiger partial charge >= 0.3 is 0 Å². The highest BCUT2D eigenvalue weighted by Gasteiger charge is 1.99. The molecule has 0 spiro atoms. The van der Waals surface area contributed by atoms with Gasteiger partial charge in [0.05, 0.1) is 5.56 Å². The van der Waals surface area contributed by atoms with Crippen molar-refractivity contribution in [2.24, 2.45) is 0 Å². The van der Waals surface area contributed by atoms with Gasteiger partial charge in [0.15, 0.2) is 6.29 Å². The van der Waals surface area contributed by atoms with E-state index in [0.29, 0.717) is 17.8 Å². The molecule has 0 atom stereocenters. The fourth-order valence-electron chi connectivity index (χ4n) is 1.20. The van der Waals surface area contributed by atoms with Crippen LogP contribution in [0.5, 0.6) is 0 Å². The summed E-state index contributed by atoms with van der Waals surface area (Å²) in [6.07, 6.45) is 7.90. The smallest absolute Gasteiger partial charge is 0.153 e. The average molecular weight is 199 g/mol. The Balaban J connectivity index is 2.15. The summed E-state index contributed by atoms with van der Waals surface area (Å²) in [4.78, 5) is 22.5. The van der Waals surface area contributed by atoms with Gasteiger partial charge in [-0.2, -0.15) is 0 Å². The number of aromatic nitrogens is 3. The molecule has 0 aliphatic rings. The Morgan fingerprint density at radius 1 is 1.20 bits per heavy atom. The number of rotatable bonds is 3. The zero-order chi connectivity index (χ0) is 10.5. The third kappa shape index (κ3) is 2.43. The number of hydrogen-bond acceptors (Lipinski definition) is 4. The van der Waals surface area contributed by atoms with E-state index in [1.54, 1.807) is 12.4 Å². The Hall–Kier alpha value is -2.10. The van der Waals surface area contributed by atoms with Crippen LogP contribution in [0.25, 0.3) is 0 Å². The maximum Gasteiger partial charge on any atom is 0.153 e. The van der Waals surface area contributed by atoms with Crippen LogP contribution in [0.3, 0.4) is 0 Å². The van der Waals surface area contributed by atoms with Gasteiger partial charge in [-0.15, -0.1) is 0 Å². The highest BCUT2D eigenvalue weighted by molar-refractivity contribution is 5.73. The summed E-state index contributed by atoms with van der Waals surface area (Å²) < 4.78 is 0. The Kier molecular flexibility index (Phi) is 2.78. The van der Waals surface area contributed by atoms with Crippen molar-refractivity contribution in [3.63, 3.8) is 0 Å². The molecule has 15 heavy (non-hydrogen) atoms. The topological polar surface area (TPSA) is 55.7 Å². The molecule has 0 saturated heterocycles. The third-order valence-electron chi connectivity index (χ3n) is 1.95. The normalized spacial score (nSPS) is 9.87. The molecule has 0 N–H and O–H groups in total. The Morgan fingerprint density at radius 3 is 2.60 bits per heavy atom. The molecule has 0 unspecified atom stereocenters. The number of hydrogen-bond donors (Lipinski definition) is 0. The Labute approximate surface area is 87.0 Å². The molecule has 0 fully saturated rings. The van der Waals surface area contributed by atoms with Crippen molar-refractivity contribution in [3.8, 4) is 0 Å². The highest BCUT2D eigenvalue weighted by atomic mass is 16.1. The molecule has 0 bridgehead atoms. The van der Waals surface area contributed by atoms with Crippen LogP contribution in [0.4, 0.5) is 0 Å². The number of nitrogens with zero attached hydrogens (tertiary/aromatic N) is 3. The summed E-state index contributed by atoms with van der Waals surface area (Å²) in [5.41, 5.74) is 1.54. The van der Waals surface area contributed by atoms with E-state index in [1.807, 2.05) is 12.1 Å². The van der Waals surface area contributed by atoms with Gasteiger partial charge in [-0.3, -0.25) is 9.78 Å². The SMILES string of the molecule is O=Cc1cnc(Cc2cccnc2)nc1. The Bertz CT molecular complexity index is 439. The van der Waals surface area contributed by atoms with Crippen LogP contribution in [0, 0.1) is 0 Å². The first-order valence-electron chi connectivity index (χ1n) is 4.53. The molecule has 4 heteroatoms. The van der Waals surface area contributed by atoms with E-state index in [1.165, 1.54) is 12.4 Å². The molecule has 74 valence electrons. The van der Waals surface area contributed by atoms with E-state index in [0.717, 1.165) is 11.8 Å². The summed E-state index contributed by atoms with van der Waals surface area (Å²) in [5, 5.41) is 0. The minimum Gasteiger partial charge on any atom is -0.298 e. The number of aldehydes is 1. The molecule has 0 aromatic carbocycles. The maximum atomic E-state index is 10.4. The molecule has 2 rings (SSSR count). The van der Waals surface area contributed by atoms with Gasteiger partial charge in [-0.1, -0.05) is 6.07 Å². The molecule has 0 amide bonds. The molecule has 0 aliphatic carbocycles. The first kappa shape index (κ1) is 9.45. The largest absolute Gasteiger partial charge is 0.298 e. The molecule has 2 aromatic rings. The predicted octanol–water partition coefficient (Wildman–Crippen LogP) is 1.27. The predicted molar refractivity (Wildman–Crippen MR) is 54.5 cm³/mol. The molecule has 0 radical (unpaired) electrons. The molecule has 2 aromatic heterocycles. The first-order chi connectivity index (χ1) is 7.38. The van der Waals surface area contributed by atoms with E-state index in [4.69, 9.17) is 0 Å². The monoisotopic (exact) mass is 199 g/mol. The second-order valence-electron chi connectivity index (χ2n) is 3.09. The molecule has 0 aliphatic heterocycles. The minimum absolute atomic E-state index is 0.491. The number of pyridine rings is 1. The lowest BCUT2D eigenvalue weighted by Gasteiger charge is -1.99. The van der Waals surface area contributed by atoms with Crippen molar-refractivity contribution in [1.29, 1.82) is 0 Å². The zero-order valence-corrected chi connectivity index (χ0v) is 8.00. The minimum atomic E-state index is 0.491. The second kappa shape index (κ2) is 4.41. The van der Waals surface area contributed by atoms with E-state index in [-0.39, 0.29) is 0 Å². The first-order valence-corrected chi connectivity index (χ1v) is 4.53. The summed E-state index contributed by atoms with van der Waals surface area (Å²) in [6, 6.07) is 3.83. The van der Waals surface area contributed by atoms with Crippen molar-refractivity contribution in [2.75, 3.05) is 0 Å². The standard InChI is InChI=1S/C11H9N3O/c15-8-10-6-13-11(14-7-10)4-9-2-1-3-12-5-9/h1-3,5-8H,4H2. The quantitative estimate of drug-likeness (QED) is 0.698. The molecule has 0 saturated carbocycles. The van der Waals surface area contributed by atoms with Crippen molar-refractivity contribution in [3.05, 3.63) is 53.9 Å². The Morgan fingerprint density at radius 2 is 2.00 bits per heavy atom. The van der Waals surface area contributed by atoms with E-state index in [2.05, 4.69) is 15.0 Å². The van der Waals surface area contributed by atoms with Gasteiger partial charge in [-0.25, -0.2) is 9.97 Å². The van der Waals surface area contributed by atoms with Crippen LogP contribution in [0.2, 0.25) is 0 Å². The van der Waals surface area contributed by atoms with Gasteiger partial charge in [0.25, 0.3) is 0 Å².